The third-order valence-electron chi connectivity index (χ3n) is 7.08. The summed E-state index contributed by atoms with van der Waals surface area (Å²) in [5.41, 5.74) is 7.19. The maximum absolute atomic E-state index is 13.8. The number of aromatic amines is 1. The van der Waals surface area contributed by atoms with Gasteiger partial charge in [0.1, 0.15) is 36.0 Å². The summed E-state index contributed by atoms with van der Waals surface area (Å²) in [5, 5.41) is 56.9. The predicted octanol–water partition coefficient (Wildman–Crippen LogP) is -2.53. The Kier molecular flexibility index (Phi) is 12.8. The van der Waals surface area contributed by atoms with Crippen molar-refractivity contribution in [3.05, 3.63) is 65.9 Å². The summed E-state index contributed by atoms with van der Waals surface area (Å²) in [5.74, 6) is -7.13. The molecule has 0 spiro atoms. The molecule has 4 amide bonds. The highest BCUT2D eigenvalue weighted by Gasteiger charge is 2.33. The van der Waals surface area contributed by atoms with Crippen molar-refractivity contribution >= 4 is 46.5 Å². The van der Waals surface area contributed by atoms with E-state index in [2.05, 4.69) is 26.3 Å². The normalized spacial score (nSPS) is 14.2. The number of fused-ring (bicyclic) bond motifs is 1. The number of aromatic nitrogens is 1. The number of carbonyl (C=O) groups excluding carboxylic acids is 4. The Morgan fingerprint density at radius 1 is 0.702 bits per heavy atom. The number of amides is 4. The Morgan fingerprint density at radius 3 is 1.83 bits per heavy atom. The number of hydrogen-bond acceptors (Lipinski definition) is 10. The van der Waals surface area contributed by atoms with Gasteiger partial charge in [-0.05, 0) is 29.3 Å². The summed E-state index contributed by atoms with van der Waals surface area (Å²) in [4.78, 5) is 78.7. The number of aromatic hydroxyl groups is 1. The van der Waals surface area contributed by atoms with Crippen molar-refractivity contribution in [2.75, 3.05) is 13.2 Å². The highest BCUT2D eigenvalue weighted by molar-refractivity contribution is 5.97. The molecule has 0 fully saturated rings. The van der Waals surface area contributed by atoms with E-state index in [0.717, 1.165) is 5.52 Å². The minimum Gasteiger partial charge on any atom is -0.508 e. The van der Waals surface area contributed by atoms with Crippen molar-refractivity contribution in [3.63, 3.8) is 0 Å². The lowest BCUT2D eigenvalue weighted by atomic mass is 10.0. The highest BCUT2D eigenvalue weighted by Crippen LogP contribution is 2.19. The summed E-state index contributed by atoms with van der Waals surface area (Å²) in [6.45, 7) is -1.73. The molecule has 47 heavy (non-hydrogen) atoms. The van der Waals surface area contributed by atoms with Gasteiger partial charge in [0.05, 0.1) is 19.6 Å². The molecule has 3 rings (SSSR count). The van der Waals surface area contributed by atoms with Gasteiger partial charge < -0.3 is 57.5 Å². The summed E-state index contributed by atoms with van der Waals surface area (Å²) < 4.78 is 0. The van der Waals surface area contributed by atoms with E-state index in [0.29, 0.717) is 16.5 Å². The monoisotopic (exact) mass is 656 g/mol. The average molecular weight is 657 g/mol. The molecule has 0 saturated heterocycles. The van der Waals surface area contributed by atoms with E-state index in [-0.39, 0.29) is 18.6 Å². The summed E-state index contributed by atoms with van der Waals surface area (Å²) in [7, 11) is 0. The Morgan fingerprint density at radius 2 is 1.26 bits per heavy atom. The molecule has 0 aliphatic heterocycles. The number of aliphatic hydroxyl groups is 2. The second-order valence-corrected chi connectivity index (χ2v) is 10.6. The van der Waals surface area contributed by atoms with Gasteiger partial charge in [0.15, 0.2) is 0 Å². The van der Waals surface area contributed by atoms with Crippen molar-refractivity contribution in [1.82, 2.24) is 26.3 Å². The maximum Gasteiger partial charge on any atom is 0.328 e. The van der Waals surface area contributed by atoms with Gasteiger partial charge in [-0.1, -0.05) is 30.3 Å². The maximum atomic E-state index is 13.8. The van der Waals surface area contributed by atoms with Gasteiger partial charge in [-0.25, -0.2) is 4.79 Å². The van der Waals surface area contributed by atoms with Gasteiger partial charge in [-0.3, -0.25) is 24.0 Å². The van der Waals surface area contributed by atoms with Crippen LogP contribution in [0.1, 0.15) is 17.5 Å². The number of rotatable bonds is 17. The lowest BCUT2D eigenvalue weighted by Gasteiger charge is -2.26. The molecule has 3 aromatic rings. The number of nitrogens with two attached hydrogens (primary N) is 1. The molecule has 0 radical (unpaired) electrons. The van der Waals surface area contributed by atoms with Gasteiger partial charge in [-0.15, -0.1) is 0 Å². The number of carboxylic acid groups (broad SMARTS) is 2. The number of phenols is 1. The third-order valence-corrected chi connectivity index (χ3v) is 7.08. The smallest absolute Gasteiger partial charge is 0.328 e. The number of H-pyrrole nitrogens is 1. The third kappa shape index (κ3) is 10.2. The average Bonchev–Trinajstić information content (AvgIpc) is 3.45. The zero-order chi connectivity index (χ0) is 34.7. The molecule has 252 valence electrons. The van der Waals surface area contributed by atoms with Gasteiger partial charge in [0.25, 0.3) is 0 Å². The molecule has 5 atom stereocenters. The Balaban J connectivity index is 1.94. The molecule has 0 aliphatic carbocycles. The molecule has 17 heteroatoms. The molecule has 0 aliphatic rings. The van der Waals surface area contributed by atoms with E-state index in [4.69, 9.17) is 10.8 Å². The van der Waals surface area contributed by atoms with Crippen molar-refractivity contribution in [1.29, 1.82) is 0 Å². The summed E-state index contributed by atoms with van der Waals surface area (Å²) >= 11 is 0. The zero-order valence-corrected chi connectivity index (χ0v) is 24.9. The fraction of sp³-hybridized carbons (Fsp3) is 0.333. The number of carbonyl (C=O) groups is 6. The fourth-order valence-corrected chi connectivity index (χ4v) is 4.55. The van der Waals surface area contributed by atoms with E-state index < -0.39 is 85.4 Å². The number of phenolic OH excluding ortho intramolecular Hbond substituents is 1. The van der Waals surface area contributed by atoms with E-state index >= 15 is 0 Å². The molecular formula is C30H36N6O11. The number of aliphatic hydroxyl groups excluding tert-OH is 2. The molecule has 0 bridgehead atoms. The van der Waals surface area contributed by atoms with E-state index in [1.54, 1.807) is 30.5 Å². The van der Waals surface area contributed by atoms with Crippen LogP contribution in [0, 0.1) is 0 Å². The topological polar surface area (TPSA) is 294 Å². The Labute approximate surface area is 267 Å². The van der Waals surface area contributed by atoms with Gasteiger partial charge in [0.2, 0.25) is 23.6 Å². The first-order valence-corrected chi connectivity index (χ1v) is 14.3. The lowest BCUT2D eigenvalue weighted by Crippen LogP contribution is -2.59. The van der Waals surface area contributed by atoms with Crippen molar-refractivity contribution in [3.8, 4) is 5.75 Å². The van der Waals surface area contributed by atoms with Crippen molar-refractivity contribution in [2.45, 2.75) is 49.5 Å². The SMILES string of the molecule is N[C@@H](CO)C(=O)N[C@@H](CC(=O)O)C(=O)N[C@@H](Cc1ccc(O)cc1)C(=O)N[C@@H](Cc1c[nH]c2ccccc12)C(=O)N[C@@H](CO)C(=O)O. The van der Waals surface area contributed by atoms with E-state index in [1.807, 2.05) is 0 Å². The molecule has 0 saturated carbocycles. The molecule has 17 nitrogen and oxygen atoms in total. The van der Waals surface area contributed by atoms with Gasteiger partial charge >= 0.3 is 11.9 Å². The zero-order valence-electron chi connectivity index (χ0n) is 24.9. The van der Waals surface area contributed by atoms with Crippen LogP contribution in [0.25, 0.3) is 10.9 Å². The number of hydrogen-bond donors (Lipinski definition) is 11. The molecule has 2 aromatic carbocycles. The molecule has 1 aromatic heterocycles. The van der Waals surface area contributed by atoms with Gasteiger partial charge in [0, 0.05) is 29.9 Å². The predicted molar refractivity (Wildman–Crippen MR) is 164 cm³/mol. The minimum absolute atomic E-state index is 0.0874. The molecule has 1 heterocycles. The first-order valence-electron chi connectivity index (χ1n) is 14.3. The second-order valence-electron chi connectivity index (χ2n) is 10.6. The van der Waals surface area contributed by atoms with Crippen LogP contribution in [0.15, 0.2) is 54.7 Å². The van der Waals surface area contributed by atoms with Crippen LogP contribution in [-0.4, -0.2) is 110 Å². The standard InChI is InChI=1S/C30H36N6O11/c31-19(13-37)26(42)33-23(11-25(40)41)29(45)34-21(9-15-5-7-17(39)8-6-15)27(43)35-22(28(44)36-24(14-38)30(46)47)10-16-12-32-20-4-2-1-3-18(16)20/h1-8,12,19,21-24,32,37-39H,9-11,13-14,31H2,(H,33,42)(H,34,45)(H,35,43)(H,36,44)(H,40,41)(H,46,47)/t19-,21-,22-,23-,24-/m0/s1. The number of nitrogens with one attached hydrogen (secondary N) is 5. The summed E-state index contributed by atoms with van der Waals surface area (Å²) in [6, 6.07) is 4.80. The molecule has 0 unspecified atom stereocenters. The first-order chi connectivity index (χ1) is 22.3. The van der Waals surface area contributed by atoms with Crippen LogP contribution in [0.2, 0.25) is 0 Å². The van der Waals surface area contributed by atoms with Crippen molar-refractivity contribution < 1.29 is 54.3 Å². The largest absolute Gasteiger partial charge is 0.508 e. The van der Waals surface area contributed by atoms with E-state index in [1.165, 1.54) is 24.3 Å². The van der Waals surface area contributed by atoms with Crippen LogP contribution < -0.4 is 27.0 Å². The molecular weight excluding hydrogens is 620 g/mol. The van der Waals surface area contributed by atoms with Gasteiger partial charge in [-0.2, -0.15) is 0 Å². The molecule has 12 N–H and O–H groups in total. The summed E-state index contributed by atoms with van der Waals surface area (Å²) in [6.07, 6.45) is 0.296. The fourth-order valence-electron chi connectivity index (χ4n) is 4.55. The van der Waals surface area contributed by atoms with Crippen LogP contribution in [0.5, 0.6) is 5.75 Å². The first kappa shape index (κ1) is 36.0. The number of benzene rings is 2. The van der Waals surface area contributed by atoms with E-state index in [9.17, 15) is 49.2 Å². The van der Waals surface area contributed by atoms with Crippen LogP contribution >= 0.6 is 0 Å². The second kappa shape index (κ2) is 16.7. The quantitative estimate of drug-likeness (QED) is 0.0717. The van der Waals surface area contributed by atoms with Crippen LogP contribution in [-0.2, 0) is 41.6 Å². The van der Waals surface area contributed by atoms with Crippen molar-refractivity contribution in [2.24, 2.45) is 5.73 Å². The Bertz CT molecular complexity index is 1590. The Hall–Kier alpha value is -5.52. The van der Waals surface area contributed by atoms with Crippen LogP contribution in [0.4, 0.5) is 0 Å². The number of aliphatic carboxylic acids is 2. The number of para-hydroxylation sites is 1. The van der Waals surface area contributed by atoms with Crippen LogP contribution in [0.3, 0.4) is 0 Å². The minimum atomic E-state index is -1.72. The highest BCUT2D eigenvalue weighted by atomic mass is 16.4. The number of carboxylic acids is 2. The lowest BCUT2D eigenvalue weighted by molar-refractivity contribution is -0.143.